The third kappa shape index (κ3) is 2.43. The largest absolute Gasteiger partial charge is 0.507 e. The van der Waals surface area contributed by atoms with Gasteiger partial charge in [0.05, 0.1) is 4.90 Å². The molecular formula is C16H11BrO3S. The third-order valence-electron chi connectivity index (χ3n) is 3.24. The Morgan fingerprint density at radius 2 is 1.57 bits per heavy atom. The molecule has 0 heterocycles. The Hall–Kier alpha value is -1.85. The van der Waals surface area contributed by atoms with Crippen LogP contribution in [0.15, 0.2) is 74.9 Å². The maximum atomic E-state index is 12.8. The van der Waals surface area contributed by atoms with Crippen molar-refractivity contribution in [1.82, 2.24) is 0 Å². The van der Waals surface area contributed by atoms with Gasteiger partial charge in [0.15, 0.2) is 0 Å². The highest BCUT2D eigenvalue weighted by Gasteiger charge is 2.24. The zero-order valence-electron chi connectivity index (χ0n) is 10.8. The second-order valence-electron chi connectivity index (χ2n) is 4.60. The Morgan fingerprint density at radius 1 is 0.905 bits per heavy atom. The van der Waals surface area contributed by atoms with Gasteiger partial charge in [0.1, 0.15) is 10.6 Å². The van der Waals surface area contributed by atoms with E-state index in [-0.39, 0.29) is 15.5 Å². The number of halogens is 1. The number of phenols is 1. The van der Waals surface area contributed by atoms with Gasteiger partial charge in [0.2, 0.25) is 9.84 Å². The van der Waals surface area contributed by atoms with E-state index < -0.39 is 9.84 Å². The lowest BCUT2D eigenvalue weighted by Gasteiger charge is -2.10. The fourth-order valence-electron chi connectivity index (χ4n) is 2.25. The number of hydrogen-bond acceptors (Lipinski definition) is 3. The van der Waals surface area contributed by atoms with Crippen LogP contribution in [0.2, 0.25) is 0 Å². The number of aromatic hydroxyl groups is 1. The lowest BCUT2D eigenvalue weighted by molar-refractivity contribution is 0.460. The van der Waals surface area contributed by atoms with Crippen molar-refractivity contribution < 1.29 is 13.5 Å². The van der Waals surface area contributed by atoms with Crippen LogP contribution in [-0.4, -0.2) is 13.5 Å². The summed E-state index contributed by atoms with van der Waals surface area (Å²) in [6, 6.07) is 16.5. The van der Waals surface area contributed by atoms with Crippen LogP contribution in [0, 0.1) is 0 Å². The monoisotopic (exact) mass is 362 g/mol. The summed E-state index contributed by atoms with van der Waals surface area (Å²) in [6.45, 7) is 0. The number of fused-ring (bicyclic) bond motifs is 1. The molecule has 5 heteroatoms. The first kappa shape index (κ1) is 14.1. The van der Waals surface area contributed by atoms with Gasteiger partial charge in [-0.15, -0.1) is 0 Å². The van der Waals surface area contributed by atoms with Crippen molar-refractivity contribution in [3.05, 3.63) is 65.1 Å². The fraction of sp³-hybridized carbons (Fsp3) is 0. The van der Waals surface area contributed by atoms with Crippen LogP contribution in [0.4, 0.5) is 0 Å². The van der Waals surface area contributed by atoms with E-state index in [0.717, 1.165) is 9.86 Å². The molecule has 106 valence electrons. The standard InChI is InChI=1S/C16H11BrO3S/c17-12-8-6-11-7-9-15(18)16(14(11)10-12)21(19,20)13-4-2-1-3-5-13/h1-10,18H. The second kappa shape index (κ2) is 5.16. The summed E-state index contributed by atoms with van der Waals surface area (Å²) in [5, 5.41) is 11.4. The highest BCUT2D eigenvalue weighted by Crippen LogP contribution is 2.36. The Labute approximate surface area is 130 Å². The molecule has 0 aromatic heterocycles. The van der Waals surface area contributed by atoms with E-state index in [9.17, 15) is 13.5 Å². The highest BCUT2D eigenvalue weighted by atomic mass is 79.9. The van der Waals surface area contributed by atoms with E-state index in [1.54, 1.807) is 30.3 Å². The number of hydrogen-bond donors (Lipinski definition) is 1. The van der Waals surface area contributed by atoms with Gasteiger partial charge in [-0.2, -0.15) is 0 Å². The minimum Gasteiger partial charge on any atom is -0.507 e. The molecule has 0 aliphatic rings. The first-order valence-electron chi connectivity index (χ1n) is 6.21. The highest BCUT2D eigenvalue weighted by molar-refractivity contribution is 9.10. The molecule has 21 heavy (non-hydrogen) atoms. The molecule has 0 fully saturated rings. The first-order chi connectivity index (χ1) is 10.00. The molecule has 0 unspecified atom stereocenters. The van der Waals surface area contributed by atoms with Crippen LogP contribution in [0.1, 0.15) is 0 Å². The molecular weight excluding hydrogens is 352 g/mol. The number of benzene rings is 3. The molecule has 3 aromatic carbocycles. The van der Waals surface area contributed by atoms with E-state index in [1.807, 2.05) is 12.1 Å². The van der Waals surface area contributed by atoms with Gasteiger partial charge in [-0.25, -0.2) is 8.42 Å². The van der Waals surface area contributed by atoms with Crippen LogP contribution < -0.4 is 0 Å². The molecule has 0 spiro atoms. The molecule has 0 aliphatic carbocycles. The molecule has 0 atom stereocenters. The third-order valence-corrected chi connectivity index (χ3v) is 5.59. The van der Waals surface area contributed by atoms with Crippen molar-refractivity contribution in [1.29, 1.82) is 0 Å². The van der Waals surface area contributed by atoms with Crippen molar-refractivity contribution >= 4 is 36.5 Å². The summed E-state index contributed by atoms with van der Waals surface area (Å²) in [5.74, 6) is -0.246. The first-order valence-corrected chi connectivity index (χ1v) is 8.49. The van der Waals surface area contributed by atoms with Gasteiger partial charge in [-0.3, -0.25) is 0 Å². The van der Waals surface area contributed by atoms with Crippen LogP contribution in [0.5, 0.6) is 5.75 Å². The van der Waals surface area contributed by atoms with Gasteiger partial charge in [-0.05, 0) is 35.7 Å². The normalized spacial score (nSPS) is 11.7. The molecule has 0 radical (unpaired) electrons. The topological polar surface area (TPSA) is 54.4 Å². The van der Waals surface area contributed by atoms with Gasteiger partial charge < -0.3 is 5.11 Å². The number of rotatable bonds is 2. The number of phenolic OH excluding ortho intramolecular Hbond substituents is 1. The Bertz CT molecular complexity index is 914. The summed E-state index contributed by atoms with van der Waals surface area (Å²) in [4.78, 5) is 0.0975. The van der Waals surface area contributed by atoms with E-state index >= 15 is 0 Å². The molecule has 1 N–H and O–H groups in total. The van der Waals surface area contributed by atoms with E-state index in [2.05, 4.69) is 15.9 Å². The molecule has 0 bridgehead atoms. The SMILES string of the molecule is O=S(=O)(c1ccccc1)c1c(O)ccc2ccc(Br)cc12. The van der Waals surface area contributed by atoms with Crippen LogP contribution in [0.3, 0.4) is 0 Å². The molecule has 0 saturated carbocycles. The van der Waals surface area contributed by atoms with E-state index in [4.69, 9.17) is 0 Å². The zero-order chi connectivity index (χ0) is 15.0. The smallest absolute Gasteiger partial charge is 0.210 e. The Morgan fingerprint density at radius 3 is 2.29 bits per heavy atom. The zero-order valence-corrected chi connectivity index (χ0v) is 13.2. The molecule has 3 nitrogen and oxygen atoms in total. The molecule has 3 aromatic rings. The van der Waals surface area contributed by atoms with Crippen molar-refractivity contribution in [3.63, 3.8) is 0 Å². The minimum absolute atomic E-state index is 0.0625. The summed E-state index contributed by atoms with van der Waals surface area (Å²) < 4.78 is 26.4. The summed E-state index contributed by atoms with van der Waals surface area (Å²) in [6.07, 6.45) is 0. The maximum absolute atomic E-state index is 12.8. The van der Waals surface area contributed by atoms with Crippen LogP contribution >= 0.6 is 15.9 Å². The molecule has 0 amide bonds. The average Bonchev–Trinajstić information content (AvgIpc) is 2.47. The summed E-state index contributed by atoms with van der Waals surface area (Å²) in [7, 11) is -3.78. The maximum Gasteiger partial charge on any atom is 0.210 e. The summed E-state index contributed by atoms with van der Waals surface area (Å²) in [5.41, 5.74) is 0. The van der Waals surface area contributed by atoms with Crippen LogP contribution in [0.25, 0.3) is 10.8 Å². The fourth-order valence-corrected chi connectivity index (χ4v) is 4.17. The lowest BCUT2D eigenvalue weighted by Crippen LogP contribution is -2.03. The minimum atomic E-state index is -3.78. The van der Waals surface area contributed by atoms with E-state index in [1.165, 1.54) is 18.2 Å². The van der Waals surface area contributed by atoms with Gasteiger partial charge >= 0.3 is 0 Å². The van der Waals surface area contributed by atoms with Crippen molar-refractivity contribution in [2.45, 2.75) is 9.79 Å². The molecule has 0 aliphatic heterocycles. The predicted molar refractivity (Wildman–Crippen MR) is 85.2 cm³/mol. The summed E-state index contributed by atoms with van der Waals surface area (Å²) >= 11 is 3.34. The van der Waals surface area contributed by atoms with Crippen molar-refractivity contribution in [3.8, 4) is 5.75 Å². The predicted octanol–water partition coefficient (Wildman–Crippen LogP) is 4.14. The Balaban J connectivity index is 2.39. The van der Waals surface area contributed by atoms with Gasteiger partial charge in [0, 0.05) is 9.86 Å². The second-order valence-corrected chi connectivity index (χ2v) is 7.40. The van der Waals surface area contributed by atoms with Crippen molar-refractivity contribution in [2.24, 2.45) is 0 Å². The van der Waals surface area contributed by atoms with Crippen molar-refractivity contribution in [2.75, 3.05) is 0 Å². The molecule has 0 saturated heterocycles. The molecule has 3 rings (SSSR count). The van der Waals surface area contributed by atoms with Gasteiger partial charge in [0.25, 0.3) is 0 Å². The van der Waals surface area contributed by atoms with Crippen LogP contribution in [-0.2, 0) is 9.84 Å². The average molecular weight is 363 g/mol. The lowest BCUT2D eigenvalue weighted by atomic mass is 10.1. The quantitative estimate of drug-likeness (QED) is 0.745. The van der Waals surface area contributed by atoms with Gasteiger partial charge in [-0.1, -0.05) is 46.3 Å². The van der Waals surface area contributed by atoms with E-state index in [0.29, 0.717) is 5.39 Å². The Kier molecular flexibility index (Phi) is 3.47. The number of sulfone groups is 1.